The first-order valence-corrected chi connectivity index (χ1v) is 14.6. The quantitative estimate of drug-likeness (QED) is 0.245. The van der Waals surface area contributed by atoms with E-state index >= 15 is 0 Å². The van der Waals surface area contributed by atoms with Gasteiger partial charge in [0.05, 0.1) is 5.92 Å². The zero-order valence-electron chi connectivity index (χ0n) is 21.2. The summed E-state index contributed by atoms with van der Waals surface area (Å²) in [4.78, 5) is 65.5. The van der Waals surface area contributed by atoms with Crippen molar-refractivity contribution in [2.75, 3.05) is 5.75 Å². The molecule has 0 saturated carbocycles. The largest absolute Gasteiger partial charge is 0.457 e. The van der Waals surface area contributed by atoms with Gasteiger partial charge in [0.2, 0.25) is 5.91 Å². The van der Waals surface area contributed by atoms with Crippen LogP contribution in [0.15, 0.2) is 23.8 Å². The number of allylic oxidation sites excluding steroid dienone is 3. The molecule has 0 radical (unpaired) electrons. The summed E-state index contributed by atoms with van der Waals surface area (Å²) in [5, 5.41) is 2.00. The first-order valence-electron chi connectivity index (χ1n) is 12.2. The third-order valence-electron chi connectivity index (χ3n) is 6.32. The van der Waals surface area contributed by atoms with Crippen molar-refractivity contribution < 1.29 is 28.7 Å². The summed E-state index contributed by atoms with van der Waals surface area (Å²) in [7, 11) is 2.72. The average molecular weight is 524 g/mol. The second-order valence-electron chi connectivity index (χ2n) is 9.73. The van der Waals surface area contributed by atoms with E-state index in [1.54, 1.807) is 19.1 Å². The van der Waals surface area contributed by atoms with Crippen molar-refractivity contribution >= 4 is 50.8 Å². The van der Waals surface area contributed by atoms with Gasteiger partial charge < -0.3 is 10.1 Å². The Balaban J connectivity index is 2.55. The van der Waals surface area contributed by atoms with Crippen molar-refractivity contribution in [1.29, 1.82) is 0 Å². The van der Waals surface area contributed by atoms with E-state index in [0.29, 0.717) is 17.7 Å². The molecule has 0 spiro atoms. The molecule has 1 amide bonds. The molecule has 1 fully saturated rings. The Hall–Kier alpha value is -1.87. The van der Waals surface area contributed by atoms with E-state index in [1.807, 2.05) is 33.8 Å². The Morgan fingerprint density at radius 2 is 1.69 bits per heavy atom. The molecule has 7 nitrogen and oxygen atoms in total. The molecule has 35 heavy (non-hydrogen) atoms. The second kappa shape index (κ2) is 14.0. The number of amides is 1. The van der Waals surface area contributed by atoms with Crippen LogP contribution in [0.25, 0.3) is 0 Å². The van der Waals surface area contributed by atoms with Crippen molar-refractivity contribution in [2.24, 2.45) is 23.7 Å². The topological polar surface area (TPSA) is 107 Å². The van der Waals surface area contributed by atoms with Crippen LogP contribution in [0.1, 0.15) is 66.7 Å². The Labute approximate surface area is 216 Å². The Kier molecular flexibility index (Phi) is 11.8. The molecule has 3 aliphatic heterocycles. The van der Waals surface area contributed by atoms with E-state index < -0.39 is 29.3 Å². The van der Waals surface area contributed by atoms with Crippen LogP contribution >= 0.6 is 21.6 Å². The minimum absolute atomic E-state index is 0.00365. The number of carbonyl (C=O) groups excluding carboxylic acids is 5. The minimum atomic E-state index is -0.843. The van der Waals surface area contributed by atoms with Crippen LogP contribution in [-0.2, 0) is 28.7 Å². The fourth-order valence-electron chi connectivity index (χ4n) is 4.01. The lowest BCUT2D eigenvalue weighted by molar-refractivity contribution is -0.155. The predicted molar refractivity (Wildman–Crippen MR) is 140 cm³/mol. The maximum atomic E-state index is 13.2. The summed E-state index contributed by atoms with van der Waals surface area (Å²) in [6.45, 7) is 9.10. The van der Waals surface area contributed by atoms with Gasteiger partial charge in [-0.15, -0.1) is 0 Å². The fourth-order valence-corrected chi connectivity index (χ4v) is 6.28. The number of hydrogen-bond acceptors (Lipinski definition) is 8. The molecule has 1 saturated heterocycles. The molecule has 3 heterocycles. The van der Waals surface area contributed by atoms with Crippen molar-refractivity contribution in [3.8, 4) is 0 Å². The summed E-state index contributed by atoms with van der Waals surface area (Å²) in [6, 6.07) is 0. The van der Waals surface area contributed by atoms with E-state index in [4.69, 9.17) is 4.74 Å². The number of rotatable bonds is 2. The van der Waals surface area contributed by atoms with Gasteiger partial charge in [0.15, 0.2) is 11.6 Å². The summed E-state index contributed by atoms with van der Waals surface area (Å²) < 4.78 is 5.75. The lowest BCUT2D eigenvalue weighted by atomic mass is 9.87. The molecule has 3 rings (SSSR count). The molecule has 0 aliphatic carbocycles. The van der Waals surface area contributed by atoms with Crippen LogP contribution in [0.5, 0.6) is 0 Å². The SMILES string of the molecule is C/C=C1/CC(=O)[C@@H]2NC(=O)[C@@H](C(C)C)CC(=O)C[C@@H](/C=C\CCSS2)OC(=O)[C@H](C(C)C)CC1=O. The lowest BCUT2D eigenvalue weighted by Crippen LogP contribution is -2.44. The van der Waals surface area contributed by atoms with Gasteiger partial charge in [-0.3, -0.25) is 24.0 Å². The molecule has 3 aliphatic rings. The predicted octanol–water partition coefficient (Wildman–Crippen LogP) is 4.45. The van der Waals surface area contributed by atoms with E-state index in [-0.39, 0.29) is 60.8 Å². The van der Waals surface area contributed by atoms with E-state index in [2.05, 4.69) is 5.32 Å². The van der Waals surface area contributed by atoms with Crippen molar-refractivity contribution in [3.05, 3.63) is 23.8 Å². The van der Waals surface area contributed by atoms with E-state index in [1.165, 1.54) is 21.6 Å². The van der Waals surface area contributed by atoms with Crippen molar-refractivity contribution in [2.45, 2.75) is 78.2 Å². The third kappa shape index (κ3) is 8.94. The summed E-state index contributed by atoms with van der Waals surface area (Å²) >= 11 is 0. The number of esters is 1. The number of carbonyl (C=O) groups is 5. The molecule has 1 N–H and O–H groups in total. The molecule has 0 aromatic carbocycles. The molecular formula is C26H37NO6S2. The van der Waals surface area contributed by atoms with Crippen LogP contribution in [0.2, 0.25) is 0 Å². The van der Waals surface area contributed by atoms with Crippen molar-refractivity contribution in [1.82, 2.24) is 5.32 Å². The zero-order chi connectivity index (χ0) is 26.1. The average Bonchev–Trinajstić information content (AvgIpc) is 2.78. The Bertz CT molecular complexity index is 879. The number of fused-ring (bicyclic) bond motifs is 16. The van der Waals surface area contributed by atoms with E-state index in [0.717, 1.165) is 0 Å². The lowest BCUT2D eigenvalue weighted by Gasteiger charge is -2.26. The molecular weight excluding hydrogens is 486 g/mol. The second-order valence-corrected chi connectivity index (χ2v) is 12.3. The molecule has 194 valence electrons. The zero-order valence-corrected chi connectivity index (χ0v) is 22.8. The van der Waals surface area contributed by atoms with Crippen LogP contribution in [-0.4, -0.2) is 46.5 Å². The molecule has 0 unspecified atom stereocenters. The van der Waals surface area contributed by atoms with Crippen LogP contribution < -0.4 is 5.32 Å². The van der Waals surface area contributed by atoms with E-state index in [9.17, 15) is 24.0 Å². The maximum absolute atomic E-state index is 13.2. The molecule has 9 heteroatoms. The van der Waals surface area contributed by atoms with Gasteiger partial charge in [0.1, 0.15) is 17.3 Å². The first-order chi connectivity index (χ1) is 16.5. The third-order valence-corrected chi connectivity index (χ3v) is 8.92. The smallest absolute Gasteiger partial charge is 0.310 e. The standard InChI is InChI=1S/C26H37NO6S2/c1-6-17-11-23(30)25-27-24(31)20(15(2)3)13-18(28)12-19(9-7-8-10-34-35-25)33-26(32)21(16(4)5)14-22(17)29/h6-7,9,15-16,19-21,25H,8,10-14H2,1-5H3,(H,27,31)/b9-7-,17-6-/t19-,20-,21+,25-/m1/s1. The first kappa shape index (κ1) is 29.4. The number of hydrogen-bond donors (Lipinski definition) is 1. The number of ketones is 3. The number of nitrogens with one attached hydrogen (secondary N) is 1. The highest BCUT2D eigenvalue weighted by Gasteiger charge is 2.34. The normalized spacial score (nSPS) is 30.5. The van der Waals surface area contributed by atoms with Gasteiger partial charge in [-0.1, -0.05) is 61.4 Å². The van der Waals surface area contributed by atoms with Crippen LogP contribution in [0, 0.1) is 23.7 Å². The van der Waals surface area contributed by atoms with Gasteiger partial charge in [-0.2, -0.15) is 0 Å². The molecule has 2 bridgehead atoms. The van der Waals surface area contributed by atoms with Crippen LogP contribution in [0.4, 0.5) is 0 Å². The highest BCUT2D eigenvalue weighted by molar-refractivity contribution is 8.77. The highest BCUT2D eigenvalue weighted by atomic mass is 33.1. The summed E-state index contributed by atoms with van der Waals surface area (Å²) in [5.41, 5.74) is 0.324. The fraction of sp³-hybridized carbons (Fsp3) is 0.654. The van der Waals surface area contributed by atoms with Gasteiger partial charge >= 0.3 is 5.97 Å². The van der Waals surface area contributed by atoms with Crippen LogP contribution in [0.3, 0.4) is 0 Å². The maximum Gasteiger partial charge on any atom is 0.310 e. The highest BCUT2D eigenvalue weighted by Crippen LogP contribution is 2.31. The summed E-state index contributed by atoms with van der Waals surface area (Å²) in [6.07, 6.45) is 4.83. The molecule has 0 aromatic heterocycles. The van der Waals surface area contributed by atoms with Crippen molar-refractivity contribution in [3.63, 3.8) is 0 Å². The van der Waals surface area contributed by atoms with Gasteiger partial charge in [0.25, 0.3) is 0 Å². The number of Topliss-reactive ketones (excluding diaryl/α,β-unsaturated/α-hetero) is 3. The van der Waals surface area contributed by atoms with Gasteiger partial charge in [-0.25, -0.2) is 0 Å². The molecule has 0 aromatic rings. The minimum Gasteiger partial charge on any atom is -0.457 e. The Morgan fingerprint density at radius 1 is 1.00 bits per heavy atom. The number of ether oxygens (including phenoxy) is 1. The summed E-state index contributed by atoms with van der Waals surface area (Å²) in [5.74, 6) is -2.60. The molecule has 4 atom stereocenters. The monoisotopic (exact) mass is 523 g/mol. The Morgan fingerprint density at radius 3 is 2.31 bits per heavy atom. The van der Waals surface area contributed by atoms with Gasteiger partial charge in [0, 0.05) is 37.4 Å². The van der Waals surface area contributed by atoms with Gasteiger partial charge in [-0.05, 0) is 36.8 Å².